The highest BCUT2D eigenvalue weighted by molar-refractivity contribution is 5.93. The summed E-state index contributed by atoms with van der Waals surface area (Å²) in [6, 6.07) is 6.88. The minimum atomic E-state index is -0.436. The Kier molecular flexibility index (Phi) is 3.04. The van der Waals surface area contributed by atoms with Crippen LogP contribution in [-0.4, -0.2) is 12.1 Å². The zero-order valence-corrected chi connectivity index (χ0v) is 9.90. The number of carbonyl (C=O) groups excluding carboxylic acids is 1. The van der Waals surface area contributed by atoms with Gasteiger partial charge in [0, 0.05) is 11.1 Å². The molecular formula is C13H15NO3. The fraction of sp³-hybridized carbons (Fsp3) is 0.308. The van der Waals surface area contributed by atoms with Gasteiger partial charge in [-0.3, -0.25) is 0 Å². The van der Waals surface area contributed by atoms with E-state index in [2.05, 4.69) is 0 Å². The number of nitrogens with two attached hydrogens (primary N) is 1. The molecule has 1 unspecified atom stereocenters. The van der Waals surface area contributed by atoms with Crippen LogP contribution in [0, 0.1) is 0 Å². The van der Waals surface area contributed by atoms with Crippen molar-refractivity contribution < 1.29 is 13.9 Å². The van der Waals surface area contributed by atoms with Crippen molar-refractivity contribution in [3.05, 3.63) is 30.0 Å². The van der Waals surface area contributed by atoms with Gasteiger partial charge in [-0.1, -0.05) is 6.92 Å². The van der Waals surface area contributed by atoms with E-state index in [-0.39, 0.29) is 11.9 Å². The smallest absolute Gasteiger partial charge is 0.374 e. The molecule has 0 aliphatic heterocycles. The fourth-order valence-electron chi connectivity index (χ4n) is 1.49. The molecule has 1 heterocycles. The first-order valence-electron chi connectivity index (χ1n) is 5.60. The number of hydrogen-bond acceptors (Lipinski definition) is 4. The summed E-state index contributed by atoms with van der Waals surface area (Å²) >= 11 is 0. The van der Waals surface area contributed by atoms with Gasteiger partial charge >= 0.3 is 5.97 Å². The number of hydrogen-bond donors (Lipinski definition) is 1. The summed E-state index contributed by atoms with van der Waals surface area (Å²) < 4.78 is 10.6. The van der Waals surface area contributed by atoms with Crippen molar-refractivity contribution in [2.24, 2.45) is 0 Å². The molecule has 0 spiro atoms. The van der Waals surface area contributed by atoms with Gasteiger partial charge in [0.1, 0.15) is 5.58 Å². The van der Waals surface area contributed by atoms with E-state index in [0.717, 1.165) is 11.8 Å². The van der Waals surface area contributed by atoms with Crippen molar-refractivity contribution in [3.8, 4) is 0 Å². The Morgan fingerprint density at radius 3 is 2.94 bits per heavy atom. The average molecular weight is 233 g/mol. The molecule has 1 atom stereocenters. The van der Waals surface area contributed by atoms with Crippen molar-refractivity contribution in [3.63, 3.8) is 0 Å². The maximum absolute atomic E-state index is 11.7. The van der Waals surface area contributed by atoms with Gasteiger partial charge < -0.3 is 14.9 Å². The molecule has 0 saturated heterocycles. The largest absolute Gasteiger partial charge is 0.457 e. The van der Waals surface area contributed by atoms with E-state index in [1.807, 2.05) is 13.8 Å². The van der Waals surface area contributed by atoms with Gasteiger partial charge in [-0.15, -0.1) is 0 Å². The molecule has 0 amide bonds. The molecule has 0 radical (unpaired) electrons. The second kappa shape index (κ2) is 4.49. The molecule has 0 bridgehead atoms. The molecule has 0 aliphatic rings. The first kappa shape index (κ1) is 11.5. The number of benzene rings is 1. The van der Waals surface area contributed by atoms with Crippen LogP contribution >= 0.6 is 0 Å². The van der Waals surface area contributed by atoms with Crippen molar-refractivity contribution in [1.29, 1.82) is 0 Å². The first-order chi connectivity index (χ1) is 8.10. The monoisotopic (exact) mass is 233 g/mol. The van der Waals surface area contributed by atoms with Crippen LogP contribution in [0.3, 0.4) is 0 Å². The highest BCUT2D eigenvalue weighted by atomic mass is 16.6. The lowest BCUT2D eigenvalue weighted by atomic mass is 10.2. The van der Waals surface area contributed by atoms with Crippen LogP contribution in [0.15, 0.2) is 28.7 Å². The second-order valence-electron chi connectivity index (χ2n) is 4.03. The van der Waals surface area contributed by atoms with E-state index in [1.54, 1.807) is 24.3 Å². The lowest BCUT2D eigenvalue weighted by molar-refractivity contribution is 0.0301. The van der Waals surface area contributed by atoms with Crippen LogP contribution in [0.2, 0.25) is 0 Å². The predicted octanol–water partition coefficient (Wildman–Crippen LogP) is 2.97. The molecule has 0 aliphatic carbocycles. The Labute approximate surface area is 99.3 Å². The number of rotatable bonds is 3. The molecule has 0 saturated carbocycles. The second-order valence-corrected chi connectivity index (χ2v) is 4.03. The van der Waals surface area contributed by atoms with Crippen LogP contribution in [0.5, 0.6) is 0 Å². The normalized spacial score (nSPS) is 12.6. The number of fused-ring (bicyclic) bond motifs is 1. The van der Waals surface area contributed by atoms with Crippen molar-refractivity contribution in [2.75, 3.05) is 5.73 Å². The molecule has 1 aromatic heterocycles. The minimum Gasteiger partial charge on any atom is -0.457 e. The van der Waals surface area contributed by atoms with Crippen molar-refractivity contribution in [1.82, 2.24) is 0 Å². The lowest BCUT2D eigenvalue weighted by Gasteiger charge is -2.08. The van der Waals surface area contributed by atoms with Crippen molar-refractivity contribution >= 4 is 22.6 Å². The van der Waals surface area contributed by atoms with Gasteiger partial charge in [0.05, 0.1) is 6.10 Å². The Bertz CT molecular complexity index is 545. The molecular weight excluding hydrogens is 218 g/mol. The van der Waals surface area contributed by atoms with Crippen LogP contribution in [0.1, 0.15) is 30.8 Å². The SMILES string of the molecule is CCC(C)OC(=O)c1cc2cc(N)ccc2o1. The molecule has 90 valence electrons. The Morgan fingerprint density at radius 1 is 1.47 bits per heavy atom. The standard InChI is InChI=1S/C13H15NO3/c1-3-8(2)16-13(15)12-7-9-6-10(14)4-5-11(9)17-12/h4-8H,3,14H2,1-2H3. The number of ether oxygens (including phenoxy) is 1. The number of carbonyl (C=O) groups is 1. The van der Waals surface area contributed by atoms with E-state index in [4.69, 9.17) is 14.9 Å². The summed E-state index contributed by atoms with van der Waals surface area (Å²) in [4.78, 5) is 11.7. The highest BCUT2D eigenvalue weighted by Gasteiger charge is 2.15. The molecule has 2 rings (SSSR count). The van der Waals surface area contributed by atoms with Crippen LogP contribution in [-0.2, 0) is 4.74 Å². The third-order valence-corrected chi connectivity index (χ3v) is 2.62. The maximum atomic E-state index is 11.7. The Hall–Kier alpha value is -1.97. The quantitative estimate of drug-likeness (QED) is 0.653. The van der Waals surface area contributed by atoms with Crippen LogP contribution in [0.25, 0.3) is 11.0 Å². The summed E-state index contributed by atoms with van der Waals surface area (Å²) in [7, 11) is 0. The van der Waals surface area contributed by atoms with Gasteiger partial charge in [0.15, 0.2) is 0 Å². The first-order valence-corrected chi connectivity index (χ1v) is 5.60. The van der Waals surface area contributed by atoms with Gasteiger partial charge in [-0.2, -0.15) is 0 Å². The van der Waals surface area contributed by atoms with Crippen LogP contribution < -0.4 is 5.73 Å². The maximum Gasteiger partial charge on any atom is 0.374 e. The summed E-state index contributed by atoms with van der Waals surface area (Å²) in [5, 5.41) is 0.807. The fourth-order valence-corrected chi connectivity index (χ4v) is 1.49. The van der Waals surface area contributed by atoms with E-state index in [0.29, 0.717) is 11.3 Å². The summed E-state index contributed by atoms with van der Waals surface area (Å²) in [5.74, 6) is -0.222. The van der Waals surface area contributed by atoms with Gasteiger partial charge in [0.2, 0.25) is 5.76 Å². The Morgan fingerprint density at radius 2 is 2.24 bits per heavy atom. The van der Waals surface area contributed by atoms with Gasteiger partial charge in [-0.05, 0) is 37.6 Å². The zero-order valence-electron chi connectivity index (χ0n) is 9.90. The number of nitrogen functional groups attached to an aromatic ring is 1. The molecule has 1 aromatic carbocycles. The minimum absolute atomic E-state index is 0.110. The summed E-state index contributed by atoms with van der Waals surface area (Å²) in [6.45, 7) is 3.80. The van der Waals surface area contributed by atoms with E-state index in [1.165, 1.54) is 0 Å². The zero-order chi connectivity index (χ0) is 12.4. The molecule has 2 N–H and O–H groups in total. The molecule has 17 heavy (non-hydrogen) atoms. The third-order valence-electron chi connectivity index (χ3n) is 2.62. The highest BCUT2D eigenvalue weighted by Crippen LogP contribution is 2.22. The lowest BCUT2D eigenvalue weighted by Crippen LogP contribution is -2.13. The Balaban J connectivity index is 2.27. The predicted molar refractivity (Wildman–Crippen MR) is 65.8 cm³/mol. The van der Waals surface area contributed by atoms with E-state index >= 15 is 0 Å². The average Bonchev–Trinajstić information content (AvgIpc) is 2.71. The summed E-state index contributed by atoms with van der Waals surface area (Å²) in [5.41, 5.74) is 6.93. The van der Waals surface area contributed by atoms with Gasteiger partial charge in [0.25, 0.3) is 0 Å². The van der Waals surface area contributed by atoms with Crippen molar-refractivity contribution in [2.45, 2.75) is 26.4 Å². The van der Waals surface area contributed by atoms with Gasteiger partial charge in [-0.25, -0.2) is 4.79 Å². The van der Waals surface area contributed by atoms with E-state index in [9.17, 15) is 4.79 Å². The third kappa shape index (κ3) is 2.41. The topological polar surface area (TPSA) is 65.5 Å². The number of furan rings is 1. The van der Waals surface area contributed by atoms with Crippen LogP contribution in [0.4, 0.5) is 5.69 Å². The van der Waals surface area contributed by atoms with E-state index < -0.39 is 5.97 Å². The number of anilines is 1. The molecule has 2 aromatic rings. The molecule has 0 fully saturated rings. The molecule has 4 nitrogen and oxygen atoms in total. The number of esters is 1. The molecule has 4 heteroatoms. The summed E-state index contributed by atoms with van der Waals surface area (Å²) in [6.07, 6.45) is 0.666.